The maximum atomic E-state index is 8.98. The third-order valence-electron chi connectivity index (χ3n) is 4.47. The van der Waals surface area contributed by atoms with Crippen molar-refractivity contribution < 1.29 is 5.11 Å². The summed E-state index contributed by atoms with van der Waals surface area (Å²) in [5, 5.41) is 8.98. The highest BCUT2D eigenvalue weighted by Gasteiger charge is 2.31. The van der Waals surface area contributed by atoms with E-state index >= 15 is 0 Å². The van der Waals surface area contributed by atoms with Crippen LogP contribution in [0.15, 0.2) is 12.4 Å². The Morgan fingerprint density at radius 3 is 2.67 bits per heavy atom. The first-order chi connectivity index (χ1) is 8.86. The van der Waals surface area contributed by atoms with Gasteiger partial charge in [-0.3, -0.25) is 4.98 Å². The van der Waals surface area contributed by atoms with E-state index in [1.165, 1.54) is 32.1 Å². The van der Waals surface area contributed by atoms with Gasteiger partial charge in [-0.1, -0.05) is 19.3 Å². The molecule has 0 radical (unpaired) electrons. The van der Waals surface area contributed by atoms with Crippen LogP contribution < -0.4 is 4.90 Å². The Bertz CT molecular complexity index is 393. The van der Waals surface area contributed by atoms with E-state index in [-0.39, 0.29) is 6.61 Å². The third-order valence-corrected chi connectivity index (χ3v) is 4.47. The molecule has 2 aliphatic rings. The Balaban J connectivity index is 1.69. The van der Waals surface area contributed by atoms with Gasteiger partial charge in [0.1, 0.15) is 5.82 Å². The van der Waals surface area contributed by atoms with Crippen molar-refractivity contribution in [1.29, 1.82) is 0 Å². The van der Waals surface area contributed by atoms with Crippen LogP contribution in [-0.4, -0.2) is 28.2 Å². The number of fused-ring (bicyclic) bond motifs is 1. The average molecular weight is 247 g/mol. The first-order valence-corrected chi connectivity index (χ1v) is 7.03. The molecule has 0 spiro atoms. The Morgan fingerprint density at radius 1 is 1.11 bits per heavy atom. The van der Waals surface area contributed by atoms with Gasteiger partial charge in [-0.05, 0) is 24.7 Å². The lowest BCUT2D eigenvalue weighted by molar-refractivity contribution is 0.202. The van der Waals surface area contributed by atoms with Crippen LogP contribution in [0.4, 0.5) is 5.82 Å². The molecule has 2 unspecified atom stereocenters. The molecule has 1 saturated heterocycles. The molecule has 2 heterocycles. The molecule has 18 heavy (non-hydrogen) atoms. The van der Waals surface area contributed by atoms with E-state index in [0.717, 1.165) is 30.7 Å². The summed E-state index contributed by atoms with van der Waals surface area (Å²) in [5.74, 6) is 2.77. The second-order valence-corrected chi connectivity index (χ2v) is 5.56. The minimum Gasteiger partial charge on any atom is -0.390 e. The number of hydrogen-bond acceptors (Lipinski definition) is 4. The van der Waals surface area contributed by atoms with E-state index in [1.54, 1.807) is 12.4 Å². The van der Waals surface area contributed by atoms with Crippen molar-refractivity contribution in [3.8, 4) is 0 Å². The molecule has 1 aliphatic heterocycles. The number of piperidine rings is 1. The molecule has 1 aromatic rings. The zero-order chi connectivity index (χ0) is 12.4. The molecule has 1 aromatic heterocycles. The molecule has 1 aliphatic carbocycles. The summed E-state index contributed by atoms with van der Waals surface area (Å²) in [6, 6.07) is 0. The summed E-state index contributed by atoms with van der Waals surface area (Å²) in [5.41, 5.74) is 0.645. The Morgan fingerprint density at radius 2 is 1.94 bits per heavy atom. The van der Waals surface area contributed by atoms with Gasteiger partial charge in [0.15, 0.2) is 0 Å². The Hall–Kier alpha value is -1.16. The molecular weight excluding hydrogens is 226 g/mol. The normalized spacial score (nSPS) is 27.9. The fourth-order valence-corrected chi connectivity index (χ4v) is 3.40. The van der Waals surface area contributed by atoms with E-state index in [4.69, 9.17) is 5.11 Å². The van der Waals surface area contributed by atoms with Gasteiger partial charge in [-0.25, -0.2) is 4.98 Å². The van der Waals surface area contributed by atoms with Gasteiger partial charge in [-0.15, -0.1) is 0 Å². The molecule has 4 heteroatoms. The van der Waals surface area contributed by atoms with E-state index in [1.807, 2.05) is 0 Å². The molecule has 2 atom stereocenters. The second-order valence-electron chi connectivity index (χ2n) is 5.56. The minimum absolute atomic E-state index is 0.0298. The summed E-state index contributed by atoms with van der Waals surface area (Å²) < 4.78 is 0. The lowest BCUT2D eigenvalue weighted by Gasteiger charge is -2.41. The number of rotatable bonds is 2. The van der Waals surface area contributed by atoms with Gasteiger partial charge in [0, 0.05) is 13.1 Å². The van der Waals surface area contributed by atoms with Crippen LogP contribution in [0.25, 0.3) is 0 Å². The molecule has 4 nitrogen and oxygen atoms in total. The summed E-state index contributed by atoms with van der Waals surface area (Å²) in [6.45, 7) is 2.21. The molecule has 98 valence electrons. The minimum atomic E-state index is -0.0298. The smallest absolute Gasteiger partial charge is 0.147 e. The van der Waals surface area contributed by atoms with Crippen LogP contribution in [0, 0.1) is 11.8 Å². The molecule has 2 fully saturated rings. The quantitative estimate of drug-likeness (QED) is 0.868. The largest absolute Gasteiger partial charge is 0.390 e. The second kappa shape index (κ2) is 5.22. The van der Waals surface area contributed by atoms with Crippen LogP contribution in [0.2, 0.25) is 0 Å². The molecule has 0 bridgehead atoms. The molecule has 0 amide bonds. The number of anilines is 1. The maximum Gasteiger partial charge on any atom is 0.147 e. The van der Waals surface area contributed by atoms with E-state index in [9.17, 15) is 0 Å². The van der Waals surface area contributed by atoms with E-state index in [0.29, 0.717) is 5.69 Å². The van der Waals surface area contributed by atoms with Gasteiger partial charge < -0.3 is 10.0 Å². The Labute approximate surface area is 108 Å². The molecule has 1 N–H and O–H groups in total. The SMILES string of the molecule is OCc1cnc(N2CCC3CCCCC3C2)cn1. The molecular formula is C14H21N3O. The van der Waals surface area contributed by atoms with Crippen LogP contribution in [0.5, 0.6) is 0 Å². The highest BCUT2D eigenvalue weighted by atomic mass is 16.3. The molecule has 1 saturated carbocycles. The summed E-state index contributed by atoms with van der Waals surface area (Å²) in [6.07, 6.45) is 10.4. The fraction of sp³-hybridized carbons (Fsp3) is 0.714. The lowest BCUT2D eigenvalue weighted by atomic mass is 9.75. The van der Waals surface area contributed by atoms with Crippen molar-refractivity contribution in [2.45, 2.75) is 38.7 Å². The first-order valence-electron chi connectivity index (χ1n) is 7.03. The van der Waals surface area contributed by atoms with Crippen molar-refractivity contribution in [2.75, 3.05) is 18.0 Å². The van der Waals surface area contributed by atoms with Gasteiger partial charge in [0.25, 0.3) is 0 Å². The van der Waals surface area contributed by atoms with Gasteiger partial charge in [0.2, 0.25) is 0 Å². The summed E-state index contributed by atoms with van der Waals surface area (Å²) in [4.78, 5) is 11.0. The predicted octanol–water partition coefficient (Wildman–Crippen LogP) is 1.99. The monoisotopic (exact) mass is 247 g/mol. The number of aliphatic hydroxyl groups excluding tert-OH is 1. The van der Waals surface area contributed by atoms with E-state index < -0.39 is 0 Å². The topological polar surface area (TPSA) is 49.3 Å². The number of aromatic nitrogens is 2. The van der Waals surface area contributed by atoms with Crippen molar-refractivity contribution in [3.63, 3.8) is 0 Å². The van der Waals surface area contributed by atoms with Crippen molar-refractivity contribution >= 4 is 5.82 Å². The van der Waals surface area contributed by atoms with Gasteiger partial charge >= 0.3 is 0 Å². The highest BCUT2D eigenvalue weighted by Crippen LogP contribution is 2.36. The van der Waals surface area contributed by atoms with Crippen LogP contribution in [0.3, 0.4) is 0 Å². The number of hydrogen-bond donors (Lipinski definition) is 1. The number of nitrogens with zero attached hydrogens (tertiary/aromatic N) is 3. The van der Waals surface area contributed by atoms with Crippen LogP contribution in [0.1, 0.15) is 37.8 Å². The first kappa shape index (κ1) is 11.9. The van der Waals surface area contributed by atoms with Crippen LogP contribution in [-0.2, 0) is 6.61 Å². The highest BCUT2D eigenvalue weighted by molar-refractivity contribution is 5.36. The maximum absolute atomic E-state index is 8.98. The molecule has 3 rings (SSSR count). The Kier molecular flexibility index (Phi) is 3.46. The van der Waals surface area contributed by atoms with E-state index in [2.05, 4.69) is 14.9 Å². The third kappa shape index (κ3) is 2.34. The van der Waals surface area contributed by atoms with Crippen molar-refractivity contribution in [2.24, 2.45) is 11.8 Å². The fourth-order valence-electron chi connectivity index (χ4n) is 3.40. The predicted molar refractivity (Wildman–Crippen MR) is 70.2 cm³/mol. The zero-order valence-electron chi connectivity index (χ0n) is 10.8. The average Bonchev–Trinajstić information content (AvgIpc) is 2.47. The summed E-state index contributed by atoms with van der Waals surface area (Å²) >= 11 is 0. The molecule has 0 aromatic carbocycles. The van der Waals surface area contributed by atoms with Crippen molar-refractivity contribution in [3.05, 3.63) is 18.1 Å². The summed E-state index contributed by atoms with van der Waals surface area (Å²) in [7, 11) is 0. The zero-order valence-corrected chi connectivity index (χ0v) is 10.8. The van der Waals surface area contributed by atoms with Gasteiger partial charge in [0.05, 0.1) is 24.7 Å². The number of aliphatic hydroxyl groups is 1. The van der Waals surface area contributed by atoms with Crippen LogP contribution >= 0.6 is 0 Å². The van der Waals surface area contributed by atoms with Gasteiger partial charge in [-0.2, -0.15) is 0 Å². The lowest BCUT2D eigenvalue weighted by Crippen LogP contribution is -2.42. The van der Waals surface area contributed by atoms with Crippen molar-refractivity contribution in [1.82, 2.24) is 9.97 Å². The standard InChI is InChI=1S/C14H21N3O/c18-10-13-7-16-14(8-15-13)17-6-5-11-3-1-2-4-12(11)9-17/h7-8,11-12,18H,1-6,9-10H2.